The van der Waals surface area contributed by atoms with E-state index in [0.717, 1.165) is 29.3 Å². The lowest BCUT2D eigenvalue weighted by atomic mass is 10.2. The normalized spacial score (nSPS) is 10.1. The van der Waals surface area contributed by atoms with Crippen molar-refractivity contribution in [3.05, 3.63) is 40.0 Å². The number of ether oxygens (including phenoxy) is 1. The molecule has 0 saturated heterocycles. The van der Waals surface area contributed by atoms with E-state index in [2.05, 4.69) is 29.2 Å². The lowest BCUT2D eigenvalue weighted by Crippen LogP contribution is -2.05. The van der Waals surface area contributed by atoms with Gasteiger partial charge in [-0.15, -0.1) is 6.58 Å². The van der Waals surface area contributed by atoms with E-state index >= 15 is 0 Å². The van der Waals surface area contributed by atoms with Crippen LogP contribution in [0, 0.1) is 3.57 Å². The van der Waals surface area contributed by atoms with E-state index in [0.29, 0.717) is 12.4 Å². The molecule has 0 aliphatic heterocycles. The maximum atomic E-state index is 11.1. The first-order valence-corrected chi connectivity index (χ1v) is 6.99. The van der Waals surface area contributed by atoms with Crippen LogP contribution in [0.4, 0.5) is 0 Å². The predicted octanol–water partition coefficient (Wildman–Crippen LogP) is 4.11. The van der Waals surface area contributed by atoms with Gasteiger partial charge in [0.15, 0.2) is 0 Å². The number of rotatable bonds is 8. The molecule has 1 rings (SSSR count). The molecule has 1 N–H and O–H groups in total. The molecule has 0 unspecified atom stereocenters. The Balaban J connectivity index is 2.46. The van der Waals surface area contributed by atoms with Crippen LogP contribution in [0.2, 0.25) is 0 Å². The van der Waals surface area contributed by atoms with E-state index < -0.39 is 5.97 Å². The smallest absolute Gasteiger partial charge is 0.339 e. The van der Waals surface area contributed by atoms with Crippen molar-refractivity contribution in [1.29, 1.82) is 0 Å². The second-order valence-electron chi connectivity index (χ2n) is 3.93. The zero-order chi connectivity index (χ0) is 13.4. The van der Waals surface area contributed by atoms with Gasteiger partial charge in [-0.25, -0.2) is 4.79 Å². The Kier molecular flexibility index (Phi) is 6.78. The number of carboxylic acid groups (broad SMARTS) is 1. The number of aromatic carboxylic acids is 1. The Bertz CT molecular complexity index is 416. The largest absolute Gasteiger partial charge is 0.493 e. The van der Waals surface area contributed by atoms with Gasteiger partial charge in [0.05, 0.1) is 6.61 Å². The standard InChI is InChI=1S/C14H17IO3/c1-2-3-4-5-6-9-18-13-8-7-11(15)10-12(13)14(16)17/h2,7-8,10H,1,3-6,9H2,(H,16,17). The number of carboxylic acids is 1. The van der Waals surface area contributed by atoms with Gasteiger partial charge in [-0.2, -0.15) is 0 Å². The second-order valence-corrected chi connectivity index (χ2v) is 5.18. The molecular formula is C14H17IO3. The fourth-order valence-electron chi connectivity index (χ4n) is 1.54. The van der Waals surface area contributed by atoms with Crippen molar-refractivity contribution in [1.82, 2.24) is 0 Å². The molecule has 0 amide bonds. The van der Waals surface area contributed by atoms with Gasteiger partial charge in [-0.3, -0.25) is 0 Å². The van der Waals surface area contributed by atoms with Crippen molar-refractivity contribution in [2.75, 3.05) is 6.61 Å². The number of unbranched alkanes of at least 4 members (excludes halogenated alkanes) is 3. The van der Waals surface area contributed by atoms with Gasteiger partial charge in [-0.05, 0) is 66.5 Å². The topological polar surface area (TPSA) is 46.5 Å². The van der Waals surface area contributed by atoms with Crippen LogP contribution >= 0.6 is 22.6 Å². The molecule has 0 radical (unpaired) electrons. The molecule has 0 saturated carbocycles. The lowest BCUT2D eigenvalue weighted by molar-refractivity contribution is 0.0692. The first-order chi connectivity index (χ1) is 8.65. The molecule has 0 atom stereocenters. The first-order valence-electron chi connectivity index (χ1n) is 5.91. The van der Waals surface area contributed by atoms with Gasteiger partial charge in [0, 0.05) is 3.57 Å². The van der Waals surface area contributed by atoms with Gasteiger partial charge < -0.3 is 9.84 Å². The van der Waals surface area contributed by atoms with Crippen molar-refractivity contribution in [3.8, 4) is 5.75 Å². The molecule has 0 bridgehead atoms. The molecular weight excluding hydrogens is 343 g/mol. The molecule has 0 spiro atoms. The zero-order valence-electron chi connectivity index (χ0n) is 10.2. The quantitative estimate of drug-likeness (QED) is 0.431. The molecule has 4 heteroatoms. The van der Waals surface area contributed by atoms with Crippen molar-refractivity contribution >= 4 is 28.6 Å². The average Bonchev–Trinajstić information content (AvgIpc) is 2.35. The molecule has 0 heterocycles. The fourth-order valence-corrected chi connectivity index (χ4v) is 2.04. The molecule has 3 nitrogen and oxygen atoms in total. The van der Waals surface area contributed by atoms with Crippen molar-refractivity contribution < 1.29 is 14.6 Å². The summed E-state index contributed by atoms with van der Waals surface area (Å²) in [5, 5.41) is 9.07. The third-order valence-electron chi connectivity index (χ3n) is 2.48. The molecule has 1 aromatic carbocycles. The summed E-state index contributed by atoms with van der Waals surface area (Å²) < 4.78 is 6.42. The number of hydrogen-bond acceptors (Lipinski definition) is 2. The second kappa shape index (κ2) is 8.13. The van der Waals surface area contributed by atoms with Crippen molar-refractivity contribution in [2.24, 2.45) is 0 Å². The Morgan fingerprint density at radius 1 is 1.39 bits per heavy atom. The van der Waals surface area contributed by atoms with Gasteiger partial charge in [-0.1, -0.05) is 6.08 Å². The Hall–Kier alpha value is -1.04. The number of allylic oxidation sites excluding steroid dienone is 1. The number of benzene rings is 1. The van der Waals surface area contributed by atoms with Gasteiger partial charge in [0.25, 0.3) is 0 Å². The Morgan fingerprint density at radius 3 is 2.83 bits per heavy atom. The number of hydrogen-bond donors (Lipinski definition) is 1. The Morgan fingerprint density at radius 2 is 2.17 bits per heavy atom. The molecule has 0 aliphatic rings. The maximum Gasteiger partial charge on any atom is 0.339 e. The summed E-state index contributed by atoms with van der Waals surface area (Å²) in [5.74, 6) is -0.498. The highest BCUT2D eigenvalue weighted by Gasteiger charge is 2.11. The molecule has 0 aromatic heterocycles. The molecule has 0 aliphatic carbocycles. The van der Waals surface area contributed by atoms with Crippen molar-refractivity contribution in [2.45, 2.75) is 25.7 Å². The van der Waals surface area contributed by atoms with E-state index in [1.807, 2.05) is 12.1 Å². The minimum Gasteiger partial charge on any atom is -0.493 e. The summed E-state index contributed by atoms with van der Waals surface area (Å²) in [6.07, 6.45) is 6.02. The Labute approximate surface area is 121 Å². The van der Waals surface area contributed by atoms with E-state index in [9.17, 15) is 4.79 Å². The fraction of sp³-hybridized carbons (Fsp3) is 0.357. The predicted molar refractivity (Wildman–Crippen MR) is 80.3 cm³/mol. The molecule has 98 valence electrons. The highest BCUT2D eigenvalue weighted by molar-refractivity contribution is 14.1. The van der Waals surface area contributed by atoms with Crippen LogP contribution in [0.3, 0.4) is 0 Å². The van der Waals surface area contributed by atoms with Crippen LogP contribution < -0.4 is 4.74 Å². The third kappa shape index (κ3) is 5.08. The molecule has 1 aromatic rings. The SMILES string of the molecule is C=CCCCCCOc1ccc(I)cc1C(=O)O. The summed E-state index contributed by atoms with van der Waals surface area (Å²) in [6.45, 7) is 4.22. The summed E-state index contributed by atoms with van der Waals surface area (Å²) in [6, 6.07) is 5.19. The maximum absolute atomic E-state index is 11.1. The highest BCUT2D eigenvalue weighted by Crippen LogP contribution is 2.21. The highest BCUT2D eigenvalue weighted by atomic mass is 127. The summed E-state index contributed by atoms with van der Waals surface area (Å²) in [4.78, 5) is 11.1. The van der Waals surface area contributed by atoms with Crippen LogP contribution in [-0.2, 0) is 0 Å². The van der Waals surface area contributed by atoms with E-state index in [1.54, 1.807) is 12.1 Å². The third-order valence-corrected chi connectivity index (χ3v) is 3.15. The minimum atomic E-state index is -0.949. The van der Waals surface area contributed by atoms with E-state index in [4.69, 9.17) is 9.84 Å². The molecule has 18 heavy (non-hydrogen) atoms. The minimum absolute atomic E-state index is 0.230. The average molecular weight is 360 g/mol. The summed E-state index contributed by atoms with van der Waals surface area (Å²) in [5.41, 5.74) is 0.230. The van der Waals surface area contributed by atoms with Crippen molar-refractivity contribution in [3.63, 3.8) is 0 Å². The lowest BCUT2D eigenvalue weighted by Gasteiger charge is -2.09. The number of halogens is 1. The van der Waals surface area contributed by atoms with Crippen LogP contribution in [0.5, 0.6) is 5.75 Å². The first kappa shape index (κ1) is 15.0. The van der Waals surface area contributed by atoms with Gasteiger partial charge in [0.1, 0.15) is 11.3 Å². The van der Waals surface area contributed by atoms with Crippen LogP contribution in [-0.4, -0.2) is 17.7 Å². The van der Waals surface area contributed by atoms with Gasteiger partial charge in [0.2, 0.25) is 0 Å². The van der Waals surface area contributed by atoms with Gasteiger partial charge >= 0.3 is 5.97 Å². The zero-order valence-corrected chi connectivity index (χ0v) is 12.4. The summed E-state index contributed by atoms with van der Waals surface area (Å²) >= 11 is 2.09. The van der Waals surface area contributed by atoms with Crippen LogP contribution in [0.15, 0.2) is 30.9 Å². The number of carbonyl (C=O) groups is 1. The van der Waals surface area contributed by atoms with Crippen LogP contribution in [0.1, 0.15) is 36.0 Å². The van der Waals surface area contributed by atoms with E-state index in [-0.39, 0.29) is 5.56 Å². The summed E-state index contributed by atoms with van der Waals surface area (Å²) in [7, 11) is 0. The van der Waals surface area contributed by atoms with E-state index in [1.165, 1.54) is 0 Å². The van der Waals surface area contributed by atoms with Crippen LogP contribution in [0.25, 0.3) is 0 Å². The molecule has 0 fully saturated rings. The monoisotopic (exact) mass is 360 g/mol.